The Morgan fingerprint density at radius 1 is 0.844 bits per heavy atom. The number of benzene rings is 2. The van der Waals surface area contributed by atoms with Gasteiger partial charge in [0, 0.05) is 13.1 Å². The van der Waals surface area contributed by atoms with Gasteiger partial charge in [0.2, 0.25) is 5.91 Å². The highest BCUT2D eigenvalue weighted by Gasteiger charge is 2.47. The third-order valence-corrected chi connectivity index (χ3v) is 6.85. The second-order valence-corrected chi connectivity index (χ2v) is 8.88. The smallest absolute Gasteiger partial charge is 0.338 e. The zero-order valence-corrected chi connectivity index (χ0v) is 18.9. The molecular weight excluding hydrogens is 437 g/mol. The van der Waals surface area contributed by atoms with Gasteiger partial charge in [-0.3, -0.25) is 4.79 Å². The third kappa shape index (κ3) is 5.65. The molecule has 0 bridgehead atoms. The Balaban J connectivity index is 0.00000289. The molecule has 3 nitrogen and oxygen atoms in total. The molecular formula is C25H30ClF3N2O. The predicted octanol–water partition coefficient (Wildman–Crippen LogP) is 5.57. The van der Waals surface area contributed by atoms with Crippen LogP contribution in [-0.4, -0.2) is 41.9 Å². The van der Waals surface area contributed by atoms with Crippen molar-refractivity contribution in [1.29, 1.82) is 0 Å². The number of amides is 1. The molecule has 1 amide bonds. The summed E-state index contributed by atoms with van der Waals surface area (Å²) in [5.41, 5.74) is 1.18. The number of alkyl halides is 3. The lowest BCUT2D eigenvalue weighted by Gasteiger charge is -2.38. The highest BCUT2D eigenvalue weighted by molar-refractivity contribution is 5.85. The van der Waals surface area contributed by atoms with Crippen LogP contribution in [0.5, 0.6) is 0 Å². The van der Waals surface area contributed by atoms with Gasteiger partial charge in [0.25, 0.3) is 0 Å². The molecule has 174 valence electrons. The van der Waals surface area contributed by atoms with Crippen LogP contribution in [0.3, 0.4) is 0 Å². The summed E-state index contributed by atoms with van der Waals surface area (Å²) in [7, 11) is 0. The molecule has 2 heterocycles. The van der Waals surface area contributed by atoms with Crippen LogP contribution in [-0.2, 0) is 23.9 Å². The van der Waals surface area contributed by atoms with Gasteiger partial charge >= 0.3 is 6.18 Å². The van der Waals surface area contributed by atoms with Gasteiger partial charge in [-0.15, -0.1) is 12.4 Å². The summed E-state index contributed by atoms with van der Waals surface area (Å²) in [6.07, 6.45) is 0.458. The van der Waals surface area contributed by atoms with Gasteiger partial charge in [0.05, 0.1) is 11.0 Å². The zero-order chi connectivity index (χ0) is 21.9. The fourth-order valence-corrected chi connectivity index (χ4v) is 4.88. The first-order valence-corrected chi connectivity index (χ1v) is 11.1. The minimum absolute atomic E-state index is 0. The summed E-state index contributed by atoms with van der Waals surface area (Å²) in [4.78, 5) is 17.4. The van der Waals surface area contributed by atoms with Crippen molar-refractivity contribution in [3.8, 4) is 0 Å². The number of halogens is 4. The van der Waals surface area contributed by atoms with Gasteiger partial charge in [-0.2, -0.15) is 13.2 Å². The van der Waals surface area contributed by atoms with Crippen LogP contribution < -0.4 is 0 Å². The van der Waals surface area contributed by atoms with E-state index in [1.54, 1.807) is 0 Å². The van der Waals surface area contributed by atoms with Crippen LogP contribution in [0, 0.1) is 5.41 Å². The molecule has 2 saturated heterocycles. The molecule has 0 saturated carbocycles. The summed E-state index contributed by atoms with van der Waals surface area (Å²) in [5.74, 6) is 0.177. The Labute approximate surface area is 194 Å². The van der Waals surface area contributed by atoms with Crippen molar-refractivity contribution in [2.75, 3.05) is 26.2 Å². The SMILES string of the molecule is Cl.O=C1N(Cc2ccc(C(F)(F)F)cc2)CCC12CCN(CCCc1ccccc1)CC2. The van der Waals surface area contributed by atoms with E-state index in [-0.39, 0.29) is 23.7 Å². The molecule has 2 aliphatic rings. The summed E-state index contributed by atoms with van der Waals surface area (Å²) in [5, 5.41) is 0. The Hall–Kier alpha value is -2.05. The third-order valence-electron chi connectivity index (χ3n) is 6.85. The van der Waals surface area contributed by atoms with E-state index >= 15 is 0 Å². The Morgan fingerprint density at radius 3 is 2.09 bits per heavy atom. The second kappa shape index (κ2) is 10.3. The number of carbonyl (C=O) groups excluding carboxylic acids is 1. The average molecular weight is 467 g/mol. The number of likely N-dealkylation sites (tertiary alicyclic amines) is 2. The van der Waals surface area contributed by atoms with Gasteiger partial charge in [-0.05, 0) is 75.0 Å². The van der Waals surface area contributed by atoms with E-state index in [2.05, 4.69) is 29.2 Å². The molecule has 32 heavy (non-hydrogen) atoms. The minimum Gasteiger partial charge on any atom is -0.338 e. The first-order chi connectivity index (χ1) is 14.9. The van der Waals surface area contributed by atoms with Crippen molar-refractivity contribution >= 4 is 18.3 Å². The molecule has 0 unspecified atom stereocenters. The molecule has 0 aromatic heterocycles. The van der Waals surface area contributed by atoms with Gasteiger partial charge in [-0.1, -0.05) is 42.5 Å². The second-order valence-electron chi connectivity index (χ2n) is 8.88. The van der Waals surface area contributed by atoms with Crippen LogP contribution in [0.25, 0.3) is 0 Å². The molecule has 2 fully saturated rings. The Morgan fingerprint density at radius 2 is 1.47 bits per heavy atom. The number of piperidine rings is 1. The molecule has 1 spiro atoms. The standard InChI is InChI=1S/C25H29F3N2O.ClH/c26-25(27,28)22-10-8-21(9-11-22)19-30-18-14-24(23(30)31)12-16-29(17-13-24)15-4-7-20-5-2-1-3-6-20;/h1-3,5-6,8-11H,4,7,12-19H2;1H. The maximum Gasteiger partial charge on any atom is 0.416 e. The maximum atomic E-state index is 13.1. The van der Waals surface area contributed by atoms with Crippen LogP contribution in [0.4, 0.5) is 13.2 Å². The molecule has 0 atom stereocenters. The van der Waals surface area contributed by atoms with Crippen LogP contribution in [0.1, 0.15) is 42.4 Å². The van der Waals surface area contributed by atoms with E-state index in [1.165, 1.54) is 17.7 Å². The number of hydrogen-bond donors (Lipinski definition) is 0. The van der Waals surface area contributed by atoms with E-state index in [9.17, 15) is 18.0 Å². The summed E-state index contributed by atoms with van der Waals surface area (Å²) in [6, 6.07) is 15.7. The first kappa shape index (κ1) is 24.6. The Kier molecular flexibility index (Phi) is 7.88. The normalized spacial score (nSPS) is 18.7. The van der Waals surface area contributed by atoms with Crippen molar-refractivity contribution in [3.63, 3.8) is 0 Å². The topological polar surface area (TPSA) is 23.6 Å². The molecule has 2 aromatic carbocycles. The first-order valence-electron chi connectivity index (χ1n) is 11.1. The minimum atomic E-state index is -4.33. The molecule has 0 radical (unpaired) electrons. The van der Waals surface area contributed by atoms with E-state index < -0.39 is 11.7 Å². The van der Waals surface area contributed by atoms with Crippen molar-refractivity contribution in [1.82, 2.24) is 9.80 Å². The van der Waals surface area contributed by atoms with Gasteiger partial charge in [0.15, 0.2) is 0 Å². The summed E-state index contributed by atoms with van der Waals surface area (Å²) < 4.78 is 38.3. The molecule has 2 aliphatic heterocycles. The van der Waals surface area contributed by atoms with E-state index in [0.717, 1.165) is 69.4 Å². The van der Waals surface area contributed by atoms with E-state index in [0.29, 0.717) is 13.1 Å². The van der Waals surface area contributed by atoms with Crippen molar-refractivity contribution < 1.29 is 18.0 Å². The van der Waals surface area contributed by atoms with E-state index in [1.807, 2.05) is 11.0 Å². The van der Waals surface area contributed by atoms with Crippen LogP contribution in [0.15, 0.2) is 54.6 Å². The number of hydrogen-bond acceptors (Lipinski definition) is 2. The molecule has 7 heteroatoms. The highest BCUT2D eigenvalue weighted by Crippen LogP contribution is 2.42. The lowest BCUT2D eigenvalue weighted by atomic mass is 9.77. The number of carbonyl (C=O) groups is 1. The summed E-state index contributed by atoms with van der Waals surface area (Å²) >= 11 is 0. The lowest BCUT2D eigenvalue weighted by molar-refractivity contribution is -0.139. The molecule has 4 rings (SSSR count). The molecule has 2 aromatic rings. The van der Waals surface area contributed by atoms with Crippen LogP contribution in [0.2, 0.25) is 0 Å². The van der Waals surface area contributed by atoms with Gasteiger partial charge in [0.1, 0.15) is 0 Å². The predicted molar refractivity (Wildman–Crippen MR) is 122 cm³/mol. The molecule has 0 N–H and O–H groups in total. The average Bonchev–Trinajstić information content (AvgIpc) is 3.05. The quantitative estimate of drug-likeness (QED) is 0.555. The van der Waals surface area contributed by atoms with E-state index in [4.69, 9.17) is 0 Å². The monoisotopic (exact) mass is 466 g/mol. The maximum absolute atomic E-state index is 13.1. The molecule has 0 aliphatic carbocycles. The lowest BCUT2D eigenvalue weighted by Crippen LogP contribution is -2.44. The summed E-state index contributed by atoms with van der Waals surface area (Å²) in [6.45, 7) is 4.01. The zero-order valence-electron chi connectivity index (χ0n) is 18.1. The van der Waals surface area contributed by atoms with Crippen LogP contribution >= 0.6 is 12.4 Å². The fraction of sp³-hybridized carbons (Fsp3) is 0.480. The fourth-order valence-electron chi connectivity index (χ4n) is 4.88. The Bertz CT molecular complexity index is 878. The number of aryl methyl sites for hydroxylation is 1. The number of rotatable bonds is 6. The van der Waals surface area contributed by atoms with Gasteiger partial charge in [-0.25, -0.2) is 0 Å². The van der Waals surface area contributed by atoms with Gasteiger partial charge < -0.3 is 9.80 Å². The van der Waals surface area contributed by atoms with Crippen molar-refractivity contribution in [3.05, 3.63) is 71.3 Å². The van der Waals surface area contributed by atoms with Crippen molar-refractivity contribution in [2.45, 2.75) is 44.8 Å². The largest absolute Gasteiger partial charge is 0.416 e. The highest BCUT2D eigenvalue weighted by atomic mass is 35.5. The van der Waals surface area contributed by atoms with Crippen molar-refractivity contribution in [2.24, 2.45) is 5.41 Å². The number of nitrogens with zero attached hydrogens (tertiary/aromatic N) is 2.